The maximum atomic E-state index is 13.6. The summed E-state index contributed by atoms with van der Waals surface area (Å²) in [6.45, 7) is 0.175. The lowest BCUT2D eigenvalue weighted by atomic mass is 10.2. The Hall–Kier alpha value is -4.35. The molecule has 9 nitrogen and oxygen atoms in total. The Morgan fingerprint density at radius 2 is 1.68 bits per heavy atom. The summed E-state index contributed by atoms with van der Waals surface area (Å²) in [5, 5.41) is 0.499. The second-order valence-corrected chi connectivity index (χ2v) is 10.9. The number of ether oxygens (including phenoxy) is 2. The fourth-order valence-electron chi connectivity index (χ4n) is 3.73. The van der Waals surface area contributed by atoms with Crippen molar-refractivity contribution in [2.24, 2.45) is 0 Å². The number of anilines is 2. The van der Waals surface area contributed by atoms with Crippen LogP contribution in [0.5, 0.6) is 11.5 Å². The van der Waals surface area contributed by atoms with Crippen molar-refractivity contribution in [3.05, 3.63) is 96.4 Å². The van der Waals surface area contributed by atoms with E-state index in [0.29, 0.717) is 33.6 Å². The van der Waals surface area contributed by atoms with Gasteiger partial charge in [-0.2, -0.15) is 0 Å². The van der Waals surface area contributed by atoms with Crippen molar-refractivity contribution in [2.75, 3.05) is 23.8 Å². The number of aromatic nitrogens is 1. The fraction of sp³-hybridized carbons (Fsp3) is 0.111. The van der Waals surface area contributed by atoms with E-state index < -0.39 is 10.0 Å². The minimum Gasteiger partial charge on any atom is -0.497 e. The van der Waals surface area contributed by atoms with Crippen molar-refractivity contribution in [3.8, 4) is 11.5 Å². The molecule has 0 aliphatic carbocycles. The SMILES string of the molecule is COc1ccc(S(=O)(=O)Nc2ccc(C(=O)N(Cc3ccco3)c3nc4ccc(OC)cc4s3)cc2)cc1. The standard InChI is InChI=1S/C27H23N3O6S2/c1-34-20-9-12-23(13-10-20)38(32,33)29-19-7-5-18(6-8-19)26(31)30(17-22-4-3-15-36-22)27-28-24-14-11-21(35-2)16-25(24)37-27/h3-16,29H,17H2,1-2H3. The Balaban J connectivity index is 1.40. The van der Waals surface area contributed by atoms with E-state index in [0.717, 1.165) is 10.2 Å². The summed E-state index contributed by atoms with van der Waals surface area (Å²) in [5.41, 5.74) is 1.43. The van der Waals surface area contributed by atoms with Crippen LogP contribution >= 0.6 is 11.3 Å². The lowest BCUT2D eigenvalue weighted by Crippen LogP contribution is -2.30. The molecule has 2 heterocycles. The van der Waals surface area contributed by atoms with E-state index in [2.05, 4.69) is 9.71 Å². The molecule has 5 aromatic rings. The molecule has 0 atom stereocenters. The number of hydrogen-bond donors (Lipinski definition) is 1. The number of amides is 1. The molecular weight excluding hydrogens is 526 g/mol. The van der Waals surface area contributed by atoms with Crippen molar-refractivity contribution in [3.63, 3.8) is 0 Å². The molecule has 1 amide bonds. The van der Waals surface area contributed by atoms with Gasteiger partial charge in [0.2, 0.25) is 0 Å². The van der Waals surface area contributed by atoms with Crippen molar-refractivity contribution in [1.29, 1.82) is 0 Å². The summed E-state index contributed by atoms with van der Waals surface area (Å²) in [4.78, 5) is 19.9. The summed E-state index contributed by atoms with van der Waals surface area (Å²) in [6, 6.07) is 21.4. The highest BCUT2D eigenvalue weighted by molar-refractivity contribution is 7.92. The fourth-order valence-corrected chi connectivity index (χ4v) is 5.78. The third-order valence-corrected chi connectivity index (χ3v) is 8.15. The number of carbonyl (C=O) groups excluding carboxylic acids is 1. The lowest BCUT2D eigenvalue weighted by Gasteiger charge is -2.19. The van der Waals surface area contributed by atoms with Crippen LogP contribution in [0.1, 0.15) is 16.1 Å². The number of sulfonamides is 1. The molecule has 38 heavy (non-hydrogen) atoms. The van der Waals surface area contributed by atoms with Gasteiger partial charge in [-0.25, -0.2) is 13.4 Å². The van der Waals surface area contributed by atoms with Gasteiger partial charge < -0.3 is 13.9 Å². The molecular formula is C27H23N3O6S2. The van der Waals surface area contributed by atoms with Gasteiger partial charge in [0, 0.05) is 11.3 Å². The van der Waals surface area contributed by atoms with Crippen LogP contribution in [0.25, 0.3) is 10.2 Å². The number of rotatable bonds is 9. The monoisotopic (exact) mass is 549 g/mol. The largest absolute Gasteiger partial charge is 0.497 e. The molecule has 0 radical (unpaired) electrons. The first-order chi connectivity index (χ1) is 18.4. The first-order valence-corrected chi connectivity index (χ1v) is 13.7. The van der Waals surface area contributed by atoms with E-state index in [9.17, 15) is 13.2 Å². The van der Waals surface area contributed by atoms with E-state index in [1.807, 2.05) is 18.2 Å². The smallest absolute Gasteiger partial charge is 0.261 e. The molecule has 1 N–H and O–H groups in total. The summed E-state index contributed by atoms with van der Waals surface area (Å²) >= 11 is 1.36. The maximum Gasteiger partial charge on any atom is 0.261 e. The van der Waals surface area contributed by atoms with Crippen molar-refractivity contribution in [1.82, 2.24) is 4.98 Å². The molecule has 5 rings (SSSR count). The summed E-state index contributed by atoms with van der Waals surface area (Å²) in [7, 11) is -0.715. The quantitative estimate of drug-likeness (QED) is 0.256. The second-order valence-electron chi connectivity index (χ2n) is 8.16. The molecule has 0 saturated heterocycles. The van der Waals surface area contributed by atoms with Crippen LogP contribution in [0, 0.1) is 0 Å². The lowest BCUT2D eigenvalue weighted by molar-refractivity contribution is 0.0983. The first-order valence-electron chi connectivity index (χ1n) is 11.4. The van der Waals surface area contributed by atoms with Crippen LogP contribution in [0.15, 0.2) is 94.4 Å². The van der Waals surface area contributed by atoms with E-state index in [4.69, 9.17) is 13.9 Å². The Bertz CT molecular complexity index is 1660. The summed E-state index contributed by atoms with van der Waals surface area (Å²) in [6.07, 6.45) is 1.55. The Morgan fingerprint density at radius 1 is 0.974 bits per heavy atom. The molecule has 0 spiro atoms. The Kier molecular flexibility index (Phi) is 7.03. The molecule has 0 fully saturated rings. The van der Waals surface area contributed by atoms with Gasteiger partial charge in [-0.3, -0.25) is 14.4 Å². The minimum atomic E-state index is -3.82. The molecule has 0 saturated carbocycles. The number of methoxy groups -OCH3 is 2. The second kappa shape index (κ2) is 10.6. The number of thiazole rings is 1. The Morgan fingerprint density at radius 3 is 2.34 bits per heavy atom. The van der Waals surface area contributed by atoms with Crippen LogP contribution < -0.4 is 19.1 Å². The number of benzene rings is 3. The molecule has 0 aliphatic heterocycles. The van der Waals surface area contributed by atoms with E-state index in [-0.39, 0.29) is 17.3 Å². The average molecular weight is 550 g/mol. The minimum absolute atomic E-state index is 0.0931. The number of carbonyl (C=O) groups is 1. The van der Waals surface area contributed by atoms with Crippen LogP contribution in [0.2, 0.25) is 0 Å². The molecule has 0 unspecified atom stereocenters. The zero-order valence-corrected chi connectivity index (χ0v) is 22.1. The molecule has 194 valence electrons. The number of furan rings is 1. The van der Waals surface area contributed by atoms with Crippen molar-refractivity contribution < 1.29 is 27.1 Å². The highest BCUT2D eigenvalue weighted by atomic mass is 32.2. The normalized spacial score (nSPS) is 11.3. The number of nitrogens with one attached hydrogen (secondary N) is 1. The van der Waals surface area contributed by atoms with Crippen LogP contribution in [-0.4, -0.2) is 33.5 Å². The van der Waals surface area contributed by atoms with Crippen LogP contribution in [0.4, 0.5) is 10.8 Å². The van der Waals surface area contributed by atoms with Gasteiger partial charge in [0.25, 0.3) is 15.9 Å². The average Bonchev–Trinajstić information content (AvgIpc) is 3.61. The zero-order valence-electron chi connectivity index (χ0n) is 20.5. The van der Waals surface area contributed by atoms with Gasteiger partial charge in [0.1, 0.15) is 17.3 Å². The number of fused-ring (bicyclic) bond motifs is 1. The predicted octanol–water partition coefficient (Wildman–Crippen LogP) is 5.55. The summed E-state index contributed by atoms with van der Waals surface area (Å²) in [5.74, 6) is 1.54. The summed E-state index contributed by atoms with van der Waals surface area (Å²) < 4.78 is 44.8. The van der Waals surface area contributed by atoms with Gasteiger partial charge in [-0.15, -0.1) is 0 Å². The third kappa shape index (κ3) is 5.34. The van der Waals surface area contributed by atoms with Gasteiger partial charge in [0.05, 0.1) is 42.1 Å². The van der Waals surface area contributed by atoms with Gasteiger partial charge in [-0.1, -0.05) is 11.3 Å². The number of hydrogen-bond acceptors (Lipinski definition) is 8. The predicted molar refractivity (Wildman–Crippen MR) is 146 cm³/mol. The topological polar surface area (TPSA) is 111 Å². The maximum absolute atomic E-state index is 13.6. The molecule has 3 aromatic carbocycles. The highest BCUT2D eigenvalue weighted by Gasteiger charge is 2.23. The van der Waals surface area contributed by atoms with Gasteiger partial charge >= 0.3 is 0 Å². The first kappa shape index (κ1) is 25.3. The Labute approximate surface area is 223 Å². The third-order valence-electron chi connectivity index (χ3n) is 5.71. The molecule has 11 heteroatoms. The zero-order chi connectivity index (χ0) is 26.7. The van der Waals surface area contributed by atoms with Gasteiger partial charge in [0.15, 0.2) is 5.13 Å². The van der Waals surface area contributed by atoms with E-state index >= 15 is 0 Å². The van der Waals surface area contributed by atoms with Crippen LogP contribution in [0.3, 0.4) is 0 Å². The van der Waals surface area contributed by atoms with E-state index in [1.165, 1.54) is 35.5 Å². The van der Waals surface area contributed by atoms with E-state index in [1.54, 1.807) is 61.9 Å². The van der Waals surface area contributed by atoms with Crippen molar-refractivity contribution >= 4 is 48.3 Å². The van der Waals surface area contributed by atoms with Crippen LogP contribution in [-0.2, 0) is 16.6 Å². The molecule has 0 bridgehead atoms. The van der Waals surface area contributed by atoms with Crippen molar-refractivity contribution in [2.45, 2.75) is 11.4 Å². The highest BCUT2D eigenvalue weighted by Crippen LogP contribution is 2.33. The number of nitrogens with zero attached hydrogens (tertiary/aromatic N) is 2. The van der Waals surface area contributed by atoms with Gasteiger partial charge in [-0.05, 0) is 78.9 Å². The molecule has 0 aliphatic rings. The molecule has 2 aromatic heterocycles.